The van der Waals surface area contributed by atoms with Crippen LogP contribution in [0.2, 0.25) is 0 Å². The van der Waals surface area contributed by atoms with Crippen molar-refractivity contribution in [2.75, 3.05) is 26.2 Å². The van der Waals surface area contributed by atoms with Crippen LogP contribution in [0, 0.1) is 46.6 Å². The number of sulfone groups is 2. The van der Waals surface area contributed by atoms with Gasteiger partial charge < -0.3 is 9.80 Å². The molecule has 2 saturated heterocycles. The highest BCUT2D eigenvalue weighted by molar-refractivity contribution is 7.96. The molecule has 0 N–H and O–H groups in total. The molecule has 10 nitrogen and oxygen atoms in total. The van der Waals surface area contributed by atoms with E-state index in [1.165, 1.54) is 0 Å². The molecule has 250 valence electrons. The van der Waals surface area contributed by atoms with Crippen LogP contribution in [0.3, 0.4) is 0 Å². The van der Waals surface area contributed by atoms with Crippen molar-refractivity contribution in [2.24, 2.45) is 10.8 Å². The monoisotopic (exact) mass is 684 g/mol. The second-order valence-corrected chi connectivity index (χ2v) is 18.3. The number of nitriles is 2. The lowest BCUT2D eigenvalue weighted by molar-refractivity contribution is 0.286. The van der Waals surface area contributed by atoms with Crippen LogP contribution in [0.4, 0.5) is 0 Å². The van der Waals surface area contributed by atoms with E-state index in [0.29, 0.717) is 12.8 Å². The molecule has 2 heterocycles. The molecule has 2 fully saturated rings. The maximum atomic E-state index is 14.0. The molecule has 2 aliphatic heterocycles. The van der Waals surface area contributed by atoms with E-state index in [2.05, 4.69) is 25.6 Å². The van der Waals surface area contributed by atoms with Crippen LogP contribution >= 0.6 is 0 Å². The Kier molecular flexibility index (Phi) is 9.41. The van der Waals surface area contributed by atoms with Crippen molar-refractivity contribution in [1.29, 1.82) is 10.5 Å². The number of hydrogen-bond donors (Lipinski definition) is 0. The zero-order chi connectivity index (χ0) is 35.1. The van der Waals surface area contributed by atoms with E-state index in [9.17, 15) is 27.4 Å². The lowest BCUT2D eigenvalue weighted by Crippen LogP contribution is -2.30. The summed E-state index contributed by atoms with van der Waals surface area (Å²) in [6.07, 6.45) is 5.54. The normalized spacial score (nSPS) is 23.2. The molecule has 48 heavy (non-hydrogen) atoms. The summed E-state index contributed by atoms with van der Waals surface area (Å²) in [5.41, 5.74) is 1.55. The van der Waals surface area contributed by atoms with Crippen molar-refractivity contribution >= 4 is 19.7 Å². The van der Waals surface area contributed by atoms with Gasteiger partial charge in [0, 0.05) is 43.1 Å². The highest BCUT2D eigenvalue weighted by Crippen LogP contribution is 2.48. The molecular formula is C36H40N6O4S2. The van der Waals surface area contributed by atoms with Crippen molar-refractivity contribution in [3.05, 3.63) is 90.8 Å². The second kappa shape index (κ2) is 12.9. The first-order chi connectivity index (χ1) is 22.6. The van der Waals surface area contributed by atoms with Gasteiger partial charge in [0.2, 0.25) is 19.7 Å². The fourth-order valence-electron chi connectivity index (χ4n) is 7.43. The minimum Gasteiger partial charge on any atom is -0.384 e. The Bertz CT molecular complexity index is 1900. The third kappa shape index (κ3) is 6.40. The molecule has 0 saturated carbocycles. The molecule has 0 radical (unpaired) electrons. The topological polar surface area (TPSA) is 131 Å². The number of allylic oxidation sites excluding steroid dienone is 6. The quantitative estimate of drug-likeness (QED) is 0.234. The molecule has 0 spiro atoms. The zero-order valence-corrected chi connectivity index (χ0v) is 29.6. The highest BCUT2D eigenvalue weighted by atomic mass is 32.2. The molecule has 0 bridgehead atoms. The summed E-state index contributed by atoms with van der Waals surface area (Å²) in [5.74, 6) is 0. The van der Waals surface area contributed by atoms with Crippen LogP contribution in [0.1, 0.15) is 79.1 Å². The van der Waals surface area contributed by atoms with Crippen LogP contribution in [-0.2, 0) is 19.7 Å². The highest BCUT2D eigenvalue weighted by Gasteiger charge is 2.40. The van der Waals surface area contributed by atoms with Gasteiger partial charge in [0.15, 0.2) is 10.6 Å². The summed E-state index contributed by atoms with van der Waals surface area (Å²) in [7, 11) is -8.89. The van der Waals surface area contributed by atoms with Crippen LogP contribution in [-0.4, -0.2) is 52.8 Å². The number of likely N-dealkylation sites (tertiary alicyclic amines) is 2. The first kappa shape index (κ1) is 35.0. The average molecular weight is 685 g/mol. The van der Waals surface area contributed by atoms with Gasteiger partial charge in [0.05, 0.1) is 28.5 Å². The summed E-state index contributed by atoms with van der Waals surface area (Å²) in [5, 5.41) is 19.9. The average Bonchev–Trinajstić information content (AvgIpc) is 3.76. The number of benzene rings is 1. The van der Waals surface area contributed by atoms with Crippen LogP contribution in [0.15, 0.2) is 77.8 Å². The molecule has 0 unspecified atom stereocenters. The summed E-state index contributed by atoms with van der Waals surface area (Å²) >= 11 is 0. The van der Waals surface area contributed by atoms with Gasteiger partial charge >= 0.3 is 0 Å². The summed E-state index contributed by atoms with van der Waals surface area (Å²) in [6.45, 7) is 26.9. The Morgan fingerprint density at radius 3 is 1.65 bits per heavy atom. The number of hydrogen-bond acceptors (Lipinski definition) is 8. The summed E-state index contributed by atoms with van der Waals surface area (Å²) in [6, 6.07) is 8.58. The first-order valence-electron chi connectivity index (χ1n) is 16.2. The smallest absolute Gasteiger partial charge is 0.276 e. The van der Waals surface area contributed by atoms with E-state index in [-0.39, 0.29) is 50.5 Å². The Labute approximate surface area is 284 Å². The van der Waals surface area contributed by atoms with Crippen molar-refractivity contribution in [1.82, 2.24) is 9.80 Å². The van der Waals surface area contributed by atoms with Gasteiger partial charge in [-0.25, -0.2) is 26.5 Å². The number of rotatable bonds is 6. The van der Waals surface area contributed by atoms with Gasteiger partial charge in [0.25, 0.3) is 5.03 Å². The molecule has 1 aromatic carbocycles. The van der Waals surface area contributed by atoms with Crippen molar-refractivity contribution in [3.8, 4) is 12.1 Å². The molecule has 0 aromatic heterocycles. The lowest BCUT2D eigenvalue weighted by atomic mass is 9.73. The Balaban J connectivity index is 1.59. The predicted molar refractivity (Wildman–Crippen MR) is 181 cm³/mol. The van der Waals surface area contributed by atoms with Gasteiger partial charge in [0.1, 0.15) is 12.1 Å². The molecule has 0 atom stereocenters. The maximum absolute atomic E-state index is 14.0. The Morgan fingerprint density at radius 2 is 1.19 bits per heavy atom. The lowest BCUT2D eigenvalue weighted by Gasteiger charge is -2.37. The van der Waals surface area contributed by atoms with Gasteiger partial charge in [-0.3, -0.25) is 0 Å². The van der Waals surface area contributed by atoms with Crippen LogP contribution in [0.5, 0.6) is 0 Å². The molecule has 1 aromatic rings. The maximum Gasteiger partial charge on any atom is 0.276 e. The van der Waals surface area contributed by atoms with Gasteiger partial charge in [-0.15, -0.1) is 0 Å². The first-order valence-corrected chi connectivity index (χ1v) is 19.2. The van der Waals surface area contributed by atoms with E-state index in [0.717, 1.165) is 87.5 Å². The Morgan fingerprint density at radius 1 is 0.729 bits per heavy atom. The van der Waals surface area contributed by atoms with E-state index in [1.807, 2.05) is 33.8 Å². The third-order valence-corrected chi connectivity index (χ3v) is 13.2. The SMILES string of the molecule is [C-]#[N+]C1=C(N2CCCC2)CC(C)(C)C/C1=C(/[N+]#[C-])S(=O)(=O)c1ccc(S(=O)(=O)/C(C#N)=C2\CC(C)(C)CC(N3CCCC3)=C2C#N)cc1. The van der Waals surface area contributed by atoms with Crippen LogP contribution in [0.25, 0.3) is 9.69 Å². The predicted octanol–water partition coefficient (Wildman–Crippen LogP) is 6.88. The molecule has 2 aliphatic carbocycles. The number of nitrogens with zero attached hydrogens (tertiary/aromatic N) is 6. The zero-order valence-electron chi connectivity index (χ0n) is 27.9. The molecular weight excluding hydrogens is 645 g/mol. The fraction of sp³-hybridized carbons (Fsp3) is 0.500. The molecule has 12 heteroatoms. The second-order valence-electron chi connectivity index (χ2n) is 14.6. The van der Waals surface area contributed by atoms with Crippen LogP contribution < -0.4 is 0 Å². The fourth-order valence-corrected chi connectivity index (χ4v) is 10.1. The molecule has 5 rings (SSSR count). The molecule has 4 aliphatic rings. The van der Waals surface area contributed by atoms with Gasteiger partial charge in [-0.2, -0.15) is 10.5 Å². The third-order valence-electron chi connectivity index (χ3n) is 9.65. The van der Waals surface area contributed by atoms with E-state index in [1.54, 1.807) is 0 Å². The minimum absolute atomic E-state index is 0.182. The van der Waals surface area contributed by atoms with E-state index >= 15 is 0 Å². The standard InChI is InChI=1S/C36H40N6O4S2/c1-35(2)19-27(29(23-37)30(21-35)41-15-7-8-16-41)32(24-38)47(43,44)25-11-13-26(14-12-25)48(45,46)34(40-6)28-20-36(3,4)22-31(33(28)39-5)42-17-9-10-18-42/h11-14H,7-10,15-22H2,1-4H3/b32-27+,34-28+. The Hall–Kier alpha value is -4.36. The van der Waals surface area contributed by atoms with E-state index < -0.39 is 35.0 Å². The minimum atomic E-state index is -4.45. The summed E-state index contributed by atoms with van der Waals surface area (Å²) < 4.78 is 56.0. The van der Waals surface area contributed by atoms with Gasteiger partial charge in [-0.05, 0) is 92.0 Å². The van der Waals surface area contributed by atoms with Crippen molar-refractivity contribution in [3.63, 3.8) is 0 Å². The largest absolute Gasteiger partial charge is 0.384 e. The van der Waals surface area contributed by atoms with E-state index in [4.69, 9.17) is 13.1 Å². The van der Waals surface area contributed by atoms with Crippen molar-refractivity contribution < 1.29 is 16.8 Å². The van der Waals surface area contributed by atoms with Crippen molar-refractivity contribution in [2.45, 2.75) is 88.9 Å². The molecule has 0 amide bonds. The van der Waals surface area contributed by atoms with Gasteiger partial charge in [-0.1, -0.05) is 27.7 Å². The summed E-state index contributed by atoms with van der Waals surface area (Å²) in [4.78, 5) is 10.4.